The number of carboxylic acids is 1. The summed E-state index contributed by atoms with van der Waals surface area (Å²) in [6.45, 7) is 1.91. The van der Waals surface area contributed by atoms with Crippen molar-refractivity contribution >= 4 is 40.5 Å². The minimum Gasteiger partial charge on any atom is -0.478 e. The molecule has 6 heteroatoms. The van der Waals surface area contributed by atoms with Crippen molar-refractivity contribution in [2.45, 2.75) is 13.3 Å². The zero-order valence-corrected chi connectivity index (χ0v) is 17.5. The number of nitrogens with zero attached hydrogens (tertiary/aromatic N) is 1. The van der Waals surface area contributed by atoms with Crippen LogP contribution in [0.25, 0.3) is 16.6 Å². The normalized spacial score (nSPS) is 11.0. The van der Waals surface area contributed by atoms with Crippen molar-refractivity contribution in [2.24, 2.45) is 0 Å². The number of pyridine rings is 1. The molecule has 150 valence electrons. The highest BCUT2D eigenvalue weighted by Gasteiger charge is 2.22. The quantitative estimate of drug-likeness (QED) is 0.367. The molecular formula is C24H17Cl2NO3. The molecule has 0 aliphatic rings. The zero-order chi connectivity index (χ0) is 21.4. The Morgan fingerprint density at radius 1 is 0.967 bits per heavy atom. The van der Waals surface area contributed by atoms with Crippen molar-refractivity contribution in [1.82, 2.24) is 4.40 Å². The summed E-state index contributed by atoms with van der Waals surface area (Å²) < 4.78 is 1.80. The summed E-state index contributed by atoms with van der Waals surface area (Å²) in [5.41, 5.74) is 4.19. The van der Waals surface area contributed by atoms with Crippen molar-refractivity contribution in [3.63, 3.8) is 0 Å². The van der Waals surface area contributed by atoms with Crippen LogP contribution in [0.2, 0.25) is 10.0 Å². The lowest BCUT2D eigenvalue weighted by molar-refractivity contribution is 0.0695. The molecule has 4 rings (SSSR count). The maximum Gasteiger partial charge on any atom is 0.335 e. The van der Waals surface area contributed by atoms with Crippen LogP contribution in [-0.4, -0.2) is 21.3 Å². The molecule has 0 saturated heterocycles. The minimum absolute atomic E-state index is 0.256. The predicted molar refractivity (Wildman–Crippen MR) is 119 cm³/mol. The van der Waals surface area contributed by atoms with Gasteiger partial charge in [0.15, 0.2) is 0 Å². The summed E-state index contributed by atoms with van der Waals surface area (Å²) >= 11 is 12.5. The Bertz CT molecular complexity index is 1290. The first-order valence-electron chi connectivity index (χ1n) is 9.37. The minimum atomic E-state index is -0.954. The Morgan fingerprint density at radius 3 is 2.37 bits per heavy atom. The van der Waals surface area contributed by atoms with Gasteiger partial charge in [0.25, 0.3) is 0 Å². The van der Waals surface area contributed by atoms with Crippen molar-refractivity contribution in [3.8, 4) is 11.1 Å². The smallest absolute Gasteiger partial charge is 0.335 e. The van der Waals surface area contributed by atoms with Crippen LogP contribution in [0.1, 0.15) is 38.9 Å². The number of aromatic nitrogens is 1. The number of carbonyl (C=O) groups is 2. The van der Waals surface area contributed by atoms with Gasteiger partial charge in [-0.15, -0.1) is 0 Å². The summed E-state index contributed by atoms with van der Waals surface area (Å²) in [7, 11) is 0. The van der Waals surface area contributed by atoms with Gasteiger partial charge in [-0.1, -0.05) is 54.4 Å². The number of benzene rings is 2. The molecule has 0 atom stereocenters. The van der Waals surface area contributed by atoms with Gasteiger partial charge in [0, 0.05) is 11.8 Å². The fourth-order valence-electron chi connectivity index (χ4n) is 3.66. The van der Waals surface area contributed by atoms with Crippen molar-refractivity contribution in [2.75, 3.05) is 0 Å². The van der Waals surface area contributed by atoms with E-state index in [0.29, 0.717) is 22.2 Å². The van der Waals surface area contributed by atoms with E-state index >= 15 is 0 Å². The molecule has 0 aliphatic heterocycles. The second-order valence-corrected chi connectivity index (χ2v) is 7.67. The summed E-state index contributed by atoms with van der Waals surface area (Å²) in [5, 5.41) is 9.99. The molecular weight excluding hydrogens is 421 g/mol. The Morgan fingerprint density at radius 2 is 1.70 bits per heavy atom. The first kappa shape index (κ1) is 20.2. The van der Waals surface area contributed by atoms with Gasteiger partial charge >= 0.3 is 5.97 Å². The Hall–Kier alpha value is -3.08. The summed E-state index contributed by atoms with van der Waals surface area (Å²) in [4.78, 5) is 24.8. The summed E-state index contributed by atoms with van der Waals surface area (Å²) in [5.74, 6) is -1.24. The maximum atomic E-state index is 13.3. The van der Waals surface area contributed by atoms with Crippen molar-refractivity contribution < 1.29 is 14.7 Å². The van der Waals surface area contributed by atoms with Crippen LogP contribution in [0.4, 0.5) is 0 Å². The lowest BCUT2D eigenvalue weighted by Gasteiger charge is -2.07. The molecule has 2 aromatic carbocycles. The number of hydrogen-bond acceptors (Lipinski definition) is 2. The molecule has 2 aromatic heterocycles. The Kier molecular flexibility index (Phi) is 5.37. The number of rotatable bonds is 5. The predicted octanol–water partition coefficient (Wildman–Crippen LogP) is 6.40. The summed E-state index contributed by atoms with van der Waals surface area (Å²) in [6.07, 6.45) is 2.39. The van der Waals surface area contributed by atoms with E-state index < -0.39 is 5.97 Å². The van der Waals surface area contributed by atoms with Gasteiger partial charge in [0.1, 0.15) is 0 Å². The number of hydrogen-bond donors (Lipinski definition) is 1. The molecule has 0 saturated carbocycles. The molecule has 0 aliphatic carbocycles. The third-order valence-electron chi connectivity index (χ3n) is 5.13. The standard InChI is InChI=1S/C24H17Cl2NO3/c1-2-14-12-15(9-10-16(14)24(29)30)17-13-21(27-11-4-3-8-20(17)27)23(28)22-18(25)6-5-7-19(22)26/h3-13H,2H2,1H3,(H,29,30). The molecule has 0 fully saturated rings. The van der Waals surface area contributed by atoms with Crippen LogP contribution in [-0.2, 0) is 6.42 Å². The molecule has 30 heavy (non-hydrogen) atoms. The van der Waals surface area contributed by atoms with E-state index in [0.717, 1.165) is 22.2 Å². The van der Waals surface area contributed by atoms with Crippen molar-refractivity contribution in [1.29, 1.82) is 0 Å². The van der Waals surface area contributed by atoms with Gasteiger partial charge in [-0.05, 0) is 53.9 Å². The monoisotopic (exact) mass is 437 g/mol. The third-order valence-corrected chi connectivity index (χ3v) is 5.76. The lowest BCUT2D eigenvalue weighted by Crippen LogP contribution is -2.06. The van der Waals surface area contributed by atoms with E-state index in [1.165, 1.54) is 0 Å². The number of halogens is 2. The van der Waals surface area contributed by atoms with Gasteiger partial charge in [-0.3, -0.25) is 4.79 Å². The van der Waals surface area contributed by atoms with Crippen LogP contribution in [0.3, 0.4) is 0 Å². The van der Waals surface area contributed by atoms with Crippen LogP contribution >= 0.6 is 23.2 Å². The third kappa shape index (κ3) is 3.38. The van der Waals surface area contributed by atoms with E-state index in [2.05, 4.69) is 0 Å². The first-order valence-corrected chi connectivity index (χ1v) is 10.1. The molecule has 0 unspecified atom stereocenters. The number of aryl methyl sites for hydroxylation is 1. The largest absolute Gasteiger partial charge is 0.478 e. The molecule has 0 radical (unpaired) electrons. The van der Waals surface area contributed by atoms with E-state index in [1.807, 2.05) is 37.4 Å². The molecule has 0 bridgehead atoms. The van der Waals surface area contributed by atoms with Gasteiger partial charge in [-0.2, -0.15) is 0 Å². The fourth-order valence-corrected chi connectivity index (χ4v) is 4.23. The average Bonchev–Trinajstić information content (AvgIpc) is 3.12. The number of carboxylic acid groups (broad SMARTS) is 1. The van der Waals surface area contributed by atoms with Crippen LogP contribution < -0.4 is 0 Å². The highest BCUT2D eigenvalue weighted by atomic mass is 35.5. The molecule has 0 amide bonds. The maximum absolute atomic E-state index is 13.3. The Balaban J connectivity index is 1.93. The number of fused-ring (bicyclic) bond motifs is 1. The van der Waals surface area contributed by atoms with Gasteiger partial charge in [0.2, 0.25) is 5.78 Å². The number of carbonyl (C=O) groups excluding carboxylic acids is 1. The lowest BCUT2D eigenvalue weighted by atomic mass is 9.97. The van der Waals surface area contributed by atoms with E-state index in [-0.39, 0.29) is 16.9 Å². The van der Waals surface area contributed by atoms with Gasteiger partial charge in [0.05, 0.1) is 32.4 Å². The van der Waals surface area contributed by atoms with Gasteiger partial charge < -0.3 is 9.51 Å². The van der Waals surface area contributed by atoms with Crippen LogP contribution in [0, 0.1) is 0 Å². The molecule has 0 spiro atoms. The highest BCUT2D eigenvalue weighted by Crippen LogP contribution is 2.33. The number of aromatic carboxylic acids is 1. The molecule has 4 nitrogen and oxygen atoms in total. The molecule has 2 heterocycles. The fraction of sp³-hybridized carbons (Fsp3) is 0.0833. The number of ketones is 1. The van der Waals surface area contributed by atoms with Crippen LogP contribution in [0.5, 0.6) is 0 Å². The van der Waals surface area contributed by atoms with Gasteiger partial charge in [-0.25, -0.2) is 4.79 Å². The molecule has 1 N–H and O–H groups in total. The molecule has 4 aromatic rings. The topological polar surface area (TPSA) is 58.8 Å². The first-order chi connectivity index (χ1) is 14.4. The zero-order valence-electron chi connectivity index (χ0n) is 16.0. The highest BCUT2D eigenvalue weighted by molar-refractivity contribution is 6.41. The van der Waals surface area contributed by atoms with E-state index in [9.17, 15) is 14.7 Å². The van der Waals surface area contributed by atoms with Crippen LogP contribution in [0.15, 0.2) is 66.9 Å². The second-order valence-electron chi connectivity index (χ2n) is 6.86. The second kappa shape index (κ2) is 7.98. The van der Waals surface area contributed by atoms with E-state index in [4.69, 9.17) is 23.2 Å². The SMILES string of the molecule is CCc1cc(-c2cc(C(=O)c3c(Cl)cccc3Cl)n3ccccc23)ccc1C(=O)O. The summed E-state index contributed by atoms with van der Waals surface area (Å²) in [6, 6.07) is 17.6. The van der Waals surface area contributed by atoms with E-state index in [1.54, 1.807) is 40.8 Å². The Labute approximate surface area is 183 Å². The average molecular weight is 438 g/mol. The van der Waals surface area contributed by atoms with Crippen molar-refractivity contribution in [3.05, 3.63) is 99.3 Å².